The first-order valence-corrected chi connectivity index (χ1v) is 6.44. The van der Waals surface area contributed by atoms with Crippen molar-refractivity contribution >= 4 is 0 Å². The molecular weight excluding hydrogens is 230 g/mol. The first kappa shape index (κ1) is 15.0. The Labute approximate surface area is 109 Å². The van der Waals surface area contributed by atoms with Crippen molar-refractivity contribution in [1.82, 2.24) is 5.32 Å². The molecule has 4 nitrogen and oxygen atoms in total. The summed E-state index contributed by atoms with van der Waals surface area (Å²) in [6.45, 7) is 6.80. The van der Waals surface area contributed by atoms with Crippen molar-refractivity contribution < 1.29 is 14.6 Å². The third-order valence-corrected chi connectivity index (χ3v) is 2.43. The van der Waals surface area contributed by atoms with Gasteiger partial charge in [0.05, 0.1) is 19.3 Å². The van der Waals surface area contributed by atoms with Gasteiger partial charge in [-0.3, -0.25) is 0 Å². The summed E-state index contributed by atoms with van der Waals surface area (Å²) in [5, 5.41) is 12.8. The summed E-state index contributed by atoms with van der Waals surface area (Å²) < 4.78 is 10.6. The Bertz CT molecular complexity index is 331. The highest BCUT2D eigenvalue weighted by molar-refractivity contribution is 5.28. The van der Waals surface area contributed by atoms with E-state index in [1.54, 1.807) is 0 Å². The molecule has 1 rings (SSSR count). The first-order valence-electron chi connectivity index (χ1n) is 6.44. The average molecular weight is 253 g/mol. The van der Waals surface area contributed by atoms with E-state index in [-0.39, 0.29) is 0 Å². The van der Waals surface area contributed by atoms with Crippen LogP contribution in [0.15, 0.2) is 24.3 Å². The largest absolute Gasteiger partial charge is 0.494 e. The van der Waals surface area contributed by atoms with Crippen LogP contribution in [0.4, 0.5) is 0 Å². The van der Waals surface area contributed by atoms with E-state index in [4.69, 9.17) is 9.47 Å². The third kappa shape index (κ3) is 6.00. The van der Waals surface area contributed by atoms with Crippen LogP contribution in [0.3, 0.4) is 0 Å². The smallest absolute Gasteiger partial charge is 0.119 e. The molecule has 0 aliphatic rings. The number of hydrogen-bond acceptors (Lipinski definition) is 4. The standard InChI is InChI=1S/C14H23NO3/c1-3-17-11-13(16)10-15-9-12-6-5-7-14(8-12)18-4-2/h5-8,13,15-16H,3-4,9-11H2,1-2H3. The van der Waals surface area contributed by atoms with Crippen molar-refractivity contribution in [3.05, 3.63) is 29.8 Å². The maximum absolute atomic E-state index is 9.58. The zero-order valence-corrected chi connectivity index (χ0v) is 11.2. The van der Waals surface area contributed by atoms with E-state index < -0.39 is 6.10 Å². The third-order valence-electron chi connectivity index (χ3n) is 2.43. The van der Waals surface area contributed by atoms with E-state index in [0.29, 0.717) is 32.9 Å². The number of rotatable bonds is 9. The molecule has 0 bridgehead atoms. The number of benzene rings is 1. The molecule has 2 N–H and O–H groups in total. The van der Waals surface area contributed by atoms with Crippen molar-refractivity contribution in [2.45, 2.75) is 26.5 Å². The molecule has 1 unspecified atom stereocenters. The summed E-state index contributed by atoms with van der Waals surface area (Å²) in [4.78, 5) is 0. The molecule has 0 amide bonds. The second-order valence-corrected chi connectivity index (χ2v) is 4.02. The Morgan fingerprint density at radius 3 is 2.83 bits per heavy atom. The van der Waals surface area contributed by atoms with E-state index in [0.717, 1.165) is 11.3 Å². The fourth-order valence-electron chi connectivity index (χ4n) is 1.61. The predicted molar refractivity (Wildman–Crippen MR) is 71.8 cm³/mol. The van der Waals surface area contributed by atoms with Gasteiger partial charge in [0.2, 0.25) is 0 Å². The van der Waals surface area contributed by atoms with Crippen molar-refractivity contribution in [2.24, 2.45) is 0 Å². The second-order valence-electron chi connectivity index (χ2n) is 4.02. The summed E-state index contributed by atoms with van der Waals surface area (Å²) in [5.74, 6) is 0.881. The lowest BCUT2D eigenvalue weighted by atomic mass is 10.2. The molecule has 18 heavy (non-hydrogen) atoms. The van der Waals surface area contributed by atoms with Crippen molar-refractivity contribution in [3.8, 4) is 5.75 Å². The van der Waals surface area contributed by atoms with Crippen LogP contribution in [0.1, 0.15) is 19.4 Å². The number of aliphatic hydroxyl groups excluding tert-OH is 1. The molecule has 0 radical (unpaired) electrons. The van der Waals surface area contributed by atoms with Crippen LogP contribution in [0.25, 0.3) is 0 Å². The van der Waals surface area contributed by atoms with E-state index in [9.17, 15) is 5.11 Å². The molecule has 1 aromatic carbocycles. The first-order chi connectivity index (χ1) is 8.76. The zero-order chi connectivity index (χ0) is 13.2. The summed E-state index contributed by atoms with van der Waals surface area (Å²) in [5.41, 5.74) is 1.14. The predicted octanol–water partition coefficient (Wildman–Crippen LogP) is 1.57. The van der Waals surface area contributed by atoms with Gasteiger partial charge in [-0.2, -0.15) is 0 Å². The Morgan fingerprint density at radius 1 is 1.28 bits per heavy atom. The fourth-order valence-corrected chi connectivity index (χ4v) is 1.61. The Hall–Kier alpha value is -1.10. The van der Waals surface area contributed by atoms with E-state index in [2.05, 4.69) is 5.32 Å². The van der Waals surface area contributed by atoms with E-state index >= 15 is 0 Å². The molecule has 4 heteroatoms. The molecule has 1 aromatic rings. The molecule has 0 aromatic heterocycles. The van der Waals surface area contributed by atoms with Crippen molar-refractivity contribution in [3.63, 3.8) is 0 Å². The minimum atomic E-state index is -0.458. The highest BCUT2D eigenvalue weighted by Gasteiger charge is 2.03. The van der Waals surface area contributed by atoms with Gasteiger partial charge in [-0.1, -0.05) is 12.1 Å². The SMILES string of the molecule is CCOCC(O)CNCc1cccc(OCC)c1. The van der Waals surface area contributed by atoms with Crippen LogP contribution in [0.5, 0.6) is 5.75 Å². The van der Waals surface area contributed by atoms with Gasteiger partial charge in [0.1, 0.15) is 5.75 Å². The maximum atomic E-state index is 9.58. The molecule has 0 aliphatic carbocycles. The highest BCUT2D eigenvalue weighted by atomic mass is 16.5. The molecule has 0 spiro atoms. The minimum Gasteiger partial charge on any atom is -0.494 e. The lowest BCUT2D eigenvalue weighted by Crippen LogP contribution is -2.30. The molecule has 0 saturated heterocycles. The number of hydrogen-bond donors (Lipinski definition) is 2. The summed E-state index contributed by atoms with van der Waals surface area (Å²) in [7, 11) is 0. The summed E-state index contributed by atoms with van der Waals surface area (Å²) >= 11 is 0. The quantitative estimate of drug-likeness (QED) is 0.701. The monoisotopic (exact) mass is 253 g/mol. The number of ether oxygens (including phenoxy) is 2. The van der Waals surface area contributed by atoms with E-state index in [1.165, 1.54) is 0 Å². The van der Waals surface area contributed by atoms with Crippen LogP contribution >= 0.6 is 0 Å². The number of aliphatic hydroxyl groups is 1. The van der Waals surface area contributed by atoms with Crippen molar-refractivity contribution in [2.75, 3.05) is 26.4 Å². The molecule has 0 fully saturated rings. The van der Waals surface area contributed by atoms with Gasteiger partial charge in [0, 0.05) is 19.7 Å². The van der Waals surface area contributed by atoms with Crippen LogP contribution in [-0.2, 0) is 11.3 Å². The van der Waals surface area contributed by atoms with Gasteiger partial charge in [0.25, 0.3) is 0 Å². The summed E-state index contributed by atoms with van der Waals surface area (Å²) in [6, 6.07) is 7.95. The van der Waals surface area contributed by atoms with Gasteiger partial charge in [-0.25, -0.2) is 0 Å². The Kier molecular flexibility index (Phi) is 7.41. The minimum absolute atomic E-state index is 0.377. The van der Waals surface area contributed by atoms with E-state index in [1.807, 2.05) is 38.1 Å². The number of nitrogens with one attached hydrogen (secondary N) is 1. The van der Waals surface area contributed by atoms with Gasteiger partial charge in [-0.15, -0.1) is 0 Å². The normalized spacial score (nSPS) is 12.4. The topological polar surface area (TPSA) is 50.7 Å². The Morgan fingerprint density at radius 2 is 2.11 bits per heavy atom. The van der Waals surface area contributed by atoms with Crippen LogP contribution in [0, 0.1) is 0 Å². The lowest BCUT2D eigenvalue weighted by Gasteiger charge is -2.12. The molecule has 1 atom stereocenters. The van der Waals surface area contributed by atoms with Crippen molar-refractivity contribution in [1.29, 1.82) is 0 Å². The van der Waals surface area contributed by atoms with Crippen LogP contribution in [0.2, 0.25) is 0 Å². The lowest BCUT2D eigenvalue weighted by molar-refractivity contribution is 0.0427. The highest BCUT2D eigenvalue weighted by Crippen LogP contribution is 2.12. The zero-order valence-electron chi connectivity index (χ0n) is 11.2. The van der Waals surface area contributed by atoms with Crippen LogP contribution < -0.4 is 10.1 Å². The molecule has 0 heterocycles. The van der Waals surface area contributed by atoms with Gasteiger partial charge in [0.15, 0.2) is 0 Å². The molecule has 0 aliphatic heterocycles. The fraction of sp³-hybridized carbons (Fsp3) is 0.571. The average Bonchev–Trinajstić information content (AvgIpc) is 2.37. The van der Waals surface area contributed by atoms with Gasteiger partial charge in [-0.05, 0) is 31.5 Å². The van der Waals surface area contributed by atoms with Crippen LogP contribution in [-0.4, -0.2) is 37.6 Å². The molecule has 0 saturated carbocycles. The van der Waals surface area contributed by atoms with Gasteiger partial charge >= 0.3 is 0 Å². The summed E-state index contributed by atoms with van der Waals surface area (Å²) in [6.07, 6.45) is -0.458. The maximum Gasteiger partial charge on any atom is 0.119 e. The molecular formula is C14H23NO3. The molecule has 102 valence electrons. The Balaban J connectivity index is 2.28. The van der Waals surface area contributed by atoms with Gasteiger partial charge < -0.3 is 19.9 Å². The second kappa shape index (κ2) is 8.91.